The molecule has 0 saturated heterocycles. The van der Waals surface area contributed by atoms with Crippen molar-refractivity contribution < 1.29 is 28.6 Å². The molecule has 2 aromatic carbocycles. The zero-order valence-electron chi connectivity index (χ0n) is 18.2. The van der Waals surface area contributed by atoms with Crippen molar-refractivity contribution in [1.29, 1.82) is 10.5 Å². The van der Waals surface area contributed by atoms with Crippen molar-refractivity contribution in [2.24, 2.45) is 11.3 Å². The first-order chi connectivity index (χ1) is 15.8. The first kappa shape index (κ1) is 23.5. The van der Waals surface area contributed by atoms with Gasteiger partial charge >= 0.3 is 11.9 Å². The summed E-state index contributed by atoms with van der Waals surface area (Å²) in [6.07, 6.45) is 0. The van der Waals surface area contributed by atoms with E-state index in [0.717, 1.165) is 25.8 Å². The van der Waals surface area contributed by atoms with Gasteiger partial charge in [0.05, 0.1) is 37.8 Å². The molecule has 0 radical (unpaired) electrons. The summed E-state index contributed by atoms with van der Waals surface area (Å²) in [5.74, 6) is -8.07. The number of aliphatic hydroxyl groups excluding tert-OH is 1. The lowest BCUT2D eigenvalue weighted by Gasteiger charge is -2.44. The molecule has 3 rings (SSSR count). The monoisotopic (exact) mass is 448 g/mol. The van der Waals surface area contributed by atoms with Crippen molar-refractivity contribution in [3.63, 3.8) is 0 Å². The second-order valence-corrected chi connectivity index (χ2v) is 7.73. The largest absolute Gasteiger partial charge is 0.511 e. The summed E-state index contributed by atoms with van der Waals surface area (Å²) in [5, 5.41) is 32.0. The minimum Gasteiger partial charge on any atom is -0.511 e. The first-order valence-corrected chi connectivity index (χ1v) is 10.00. The van der Waals surface area contributed by atoms with Crippen LogP contribution >= 0.6 is 0 Å². The average molecular weight is 448 g/mol. The van der Waals surface area contributed by atoms with Crippen molar-refractivity contribution >= 4 is 11.9 Å². The minimum absolute atomic E-state index is 0.136. The Morgan fingerprint density at radius 1 is 1.03 bits per heavy atom. The Morgan fingerprint density at radius 2 is 1.64 bits per heavy atom. The molecule has 0 heterocycles. The quantitative estimate of drug-likeness (QED) is 0.706. The van der Waals surface area contributed by atoms with Crippen LogP contribution in [0.5, 0.6) is 0 Å². The number of aliphatic hydroxyl groups is 1. The lowest BCUT2D eigenvalue weighted by atomic mass is 9.54. The number of benzene rings is 2. The molecule has 0 bridgehead atoms. The molecule has 0 saturated carbocycles. The highest BCUT2D eigenvalue weighted by molar-refractivity contribution is 5.94. The Hall–Kier alpha value is -4.17. The van der Waals surface area contributed by atoms with Crippen LogP contribution in [-0.4, -0.2) is 31.3 Å². The highest BCUT2D eigenvalue weighted by Gasteiger charge is 2.62. The Labute approximate surface area is 190 Å². The Morgan fingerprint density at radius 3 is 2.15 bits per heavy atom. The second-order valence-electron chi connectivity index (χ2n) is 7.73. The average Bonchev–Trinajstić information content (AvgIpc) is 2.83. The predicted molar refractivity (Wildman–Crippen MR) is 114 cm³/mol. The molecular weight excluding hydrogens is 427 g/mol. The molecule has 1 N–H and O–H groups in total. The van der Waals surface area contributed by atoms with E-state index in [1.54, 1.807) is 24.3 Å². The van der Waals surface area contributed by atoms with Crippen LogP contribution in [0.1, 0.15) is 28.5 Å². The molecule has 0 aliphatic heterocycles. The summed E-state index contributed by atoms with van der Waals surface area (Å²) in [6, 6.07) is 15.9. The van der Waals surface area contributed by atoms with Gasteiger partial charge in [0.2, 0.25) is 0 Å². The van der Waals surface area contributed by atoms with Gasteiger partial charge in [-0.1, -0.05) is 48.0 Å². The molecule has 1 aliphatic carbocycles. The maximum absolute atomic E-state index is 15.0. The van der Waals surface area contributed by atoms with Gasteiger partial charge in [-0.2, -0.15) is 10.5 Å². The van der Waals surface area contributed by atoms with Gasteiger partial charge in [0.15, 0.2) is 5.41 Å². The highest BCUT2D eigenvalue weighted by Crippen LogP contribution is 2.59. The normalized spacial score (nSPS) is 21.5. The van der Waals surface area contributed by atoms with Crippen LogP contribution in [-0.2, 0) is 19.1 Å². The summed E-state index contributed by atoms with van der Waals surface area (Å²) < 4.78 is 24.7. The summed E-state index contributed by atoms with van der Waals surface area (Å²) in [6.45, 7) is 1.83. The van der Waals surface area contributed by atoms with E-state index in [9.17, 15) is 25.2 Å². The van der Waals surface area contributed by atoms with Crippen molar-refractivity contribution in [3.8, 4) is 12.1 Å². The fraction of sp³-hybridized carbons (Fsp3) is 0.280. The highest BCUT2D eigenvalue weighted by atomic mass is 19.1. The topological polar surface area (TPSA) is 120 Å². The molecule has 8 heteroatoms. The van der Waals surface area contributed by atoms with E-state index in [1.807, 2.05) is 19.1 Å². The zero-order valence-corrected chi connectivity index (χ0v) is 18.2. The third-order valence-corrected chi connectivity index (χ3v) is 6.02. The van der Waals surface area contributed by atoms with Gasteiger partial charge in [-0.05, 0) is 24.1 Å². The molecule has 2 aromatic rings. The number of halogens is 1. The van der Waals surface area contributed by atoms with Crippen LogP contribution in [0, 0.1) is 46.7 Å². The van der Waals surface area contributed by atoms with Gasteiger partial charge in [0.25, 0.3) is 0 Å². The number of methoxy groups -OCH3 is 2. The van der Waals surface area contributed by atoms with Crippen molar-refractivity contribution in [2.75, 3.05) is 14.2 Å². The molecule has 33 heavy (non-hydrogen) atoms. The van der Waals surface area contributed by atoms with Gasteiger partial charge in [-0.25, -0.2) is 9.18 Å². The lowest BCUT2D eigenvalue weighted by Crippen LogP contribution is -2.47. The van der Waals surface area contributed by atoms with Gasteiger partial charge < -0.3 is 14.6 Å². The van der Waals surface area contributed by atoms with Gasteiger partial charge in [-0.15, -0.1) is 0 Å². The fourth-order valence-electron chi connectivity index (χ4n) is 4.48. The maximum Gasteiger partial charge on any atom is 0.337 e. The summed E-state index contributed by atoms with van der Waals surface area (Å²) in [5.41, 5.74) is -1.51. The molecule has 7 nitrogen and oxygen atoms in total. The first-order valence-electron chi connectivity index (χ1n) is 10.00. The van der Waals surface area contributed by atoms with Gasteiger partial charge in [0, 0.05) is 5.92 Å². The fourth-order valence-corrected chi connectivity index (χ4v) is 4.48. The van der Waals surface area contributed by atoms with E-state index >= 15 is 4.39 Å². The number of carbonyl (C=O) groups excluding carboxylic acids is 2. The Kier molecular flexibility index (Phi) is 6.50. The number of nitrogens with zero attached hydrogens (tertiary/aromatic N) is 2. The molecular formula is C25H21FN2O5. The number of ether oxygens (including phenoxy) is 2. The molecule has 0 amide bonds. The summed E-state index contributed by atoms with van der Waals surface area (Å²) >= 11 is 0. The van der Waals surface area contributed by atoms with Crippen molar-refractivity contribution in [1.82, 2.24) is 0 Å². The van der Waals surface area contributed by atoms with Crippen LogP contribution < -0.4 is 0 Å². The number of rotatable bonds is 4. The SMILES string of the molecule is COC(=O)C1=C(O)[C@@H](C(=O)OC)[C@@H](c2ccccc2F)C(C#N)(C#N)[C@@H]1c1ccc(C)cc1. The summed E-state index contributed by atoms with van der Waals surface area (Å²) in [4.78, 5) is 25.7. The van der Waals surface area contributed by atoms with Gasteiger partial charge in [0.1, 0.15) is 17.5 Å². The molecule has 0 fully saturated rings. The van der Waals surface area contributed by atoms with Crippen LogP contribution in [0.25, 0.3) is 0 Å². The third-order valence-electron chi connectivity index (χ3n) is 6.02. The van der Waals surface area contributed by atoms with E-state index in [1.165, 1.54) is 18.2 Å². The third kappa shape index (κ3) is 3.70. The van der Waals surface area contributed by atoms with E-state index in [-0.39, 0.29) is 5.56 Å². The van der Waals surface area contributed by atoms with Crippen LogP contribution in [0.2, 0.25) is 0 Å². The predicted octanol–water partition coefficient (Wildman–Crippen LogP) is 3.82. The number of carbonyl (C=O) groups is 2. The minimum atomic E-state index is -2.17. The van der Waals surface area contributed by atoms with E-state index < -0.39 is 52.3 Å². The summed E-state index contributed by atoms with van der Waals surface area (Å²) in [7, 11) is 2.13. The van der Waals surface area contributed by atoms with E-state index in [0.29, 0.717) is 5.56 Å². The Balaban J connectivity index is 2.51. The zero-order chi connectivity index (χ0) is 24.3. The molecule has 0 unspecified atom stereocenters. The molecule has 0 aromatic heterocycles. The lowest BCUT2D eigenvalue weighted by molar-refractivity contribution is -0.147. The van der Waals surface area contributed by atoms with Gasteiger partial charge in [-0.3, -0.25) is 4.79 Å². The standard InChI is InChI=1S/C25H21FN2O5/c1-14-8-10-15(11-9-14)20-18(23(30)32-2)22(29)19(24(31)33-3)21(25(20,12-27)13-28)16-6-4-5-7-17(16)26/h4-11,19-21,29H,1-3H3/t19-,20+,21+/m0/s1. The number of nitriles is 2. The number of aryl methyl sites for hydroxylation is 1. The maximum atomic E-state index is 15.0. The number of esters is 2. The molecule has 0 spiro atoms. The van der Waals surface area contributed by atoms with Crippen LogP contribution in [0.3, 0.4) is 0 Å². The van der Waals surface area contributed by atoms with Crippen molar-refractivity contribution in [2.45, 2.75) is 18.8 Å². The van der Waals surface area contributed by atoms with Crippen LogP contribution in [0.15, 0.2) is 59.9 Å². The molecule has 1 aliphatic rings. The number of hydrogen-bond donors (Lipinski definition) is 1. The molecule has 168 valence electrons. The van der Waals surface area contributed by atoms with E-state index in [4.69, 9.17) is 9.47 Å². The van der Waals surface area contributed by atoms with E-state index in [2.05, 4.69) is 0 Å². The smallest absolute Gasteiger partial charge is 0.337 e. The second kappa shape index (κ2) is 9.13. The van der Waals surface area contributed by atoms with Crippen LogP contribution in [0.4, 0.5) is 4.39 Å². The Bertz CT molecular complexity index is 1190. The molecule has 3 atom stereocenters. The number of hydrogen-bond acceptors (Lipinski definition) is 7. The van der Waals surface area contributed by atoms with Crippen molar-refractivity contribution in [3.05, 3.63) is 82.4 Å².